The van der Waals surface area contributed by atoms with E-state index < -0.39 is 0 Å². The Balaban J connectivity index is 1.62. The maximum absolute atomic E-state index is 8.78. The summed E-state index contributed by atoms with van der Waals surface area (Å²) >= 11 is 0. The first-order valence-electron chi connectivity index (χ1n) is 11.1. The maximum atomic E-state index is 8.78. The van der Waals surface area contributed by atoms with Crippen LogP contribution >= 0.6 is 0 Å². The number of anilines is 2. The number of benzene rings is 1. The van der Waals surface area contributed by atoms with Gasteiger partial charge in [0.1, 0.15) is 11.9 Å². The van der Waals surface area contributed by atoms with Gasteiger partial charge in [0.2, 0.25) is 0 Å². The molecule has 0 aliphatic carbocycles. The fourth-order valence-corrected chi connectivity index (χ4v) is 4.34. The number of pyridine rings is 1. The van der Waals surface area contributed by atoms with Crippen molar-refractivity contribution in [2.75, 3.05) is 30.8 Å². The van der Waals surface area contributed by atoms with E-state index in [1.165, 1.54) is 12.8 Å². The van der Waals surface area contributed by atoms with Gasteiger partial charge in [0.25, 0.3) is 0 Å². The number of hydrogen-bond acceptors (Lipinski definition) is 8. The molecule has 1 atom stereocenters. The third-order valence-corrected chi connectivity index (χ3v) is 6.06. The van der Waals surface area contributed by atoms with Gasteiger partial charge in [0, 0.05) is 47.7 Å². The first-order valence-corrected chi connectivity index (χ1v) is 11.1. The Morgan fingerprint density at radius 3 is 2.52 bits per heavy atom. The van der Waals surface area contributed by atoms with Crippen molar-refractivity contribution < 1.29 is 9.47 Å². The summed E-state index contributed by atoms with van der Waals surface area (Å²) in [5.74, 6) is 1.97. The molecule has 172 valence electrons. The molecule has 1 saturated heterocycles. The van der Waals surface area contributed by atoms with Crippen LogP contribution in [0.4, 0.5) is 11.5 Å². The van der Waals surface area contributed by atoms with Crippen LogP contribution in [0.5, 0.6) is 11.5 Å². The molecular formula is C25H30N6O2. The fraction of sp³-hybridized carbons (Fsp3) is 0.360. The maximum Gasteiger partial charge on any atom is 0.162 e. The molecule has 0 unspecified atom stereocenters. The highest BCUT2D eigenvalue weighted by atomic mass is 16.5. The van der Waals surface area contributed by atoms with Crippen molar-refractivity contribution in [1.29, 1.82) is 5.41 Å². The Kier molecular flexibility index (Phi) is 6.44. The summed E-state index contributed by atoms with van der Waals surface area (Å²) in [6.45, 7) is 7.91. The van der Waals surface area contributed by atoms with Crippen LogP contribution < -0.4 is 20.1 Å². The van der Waals surface area contributed by atoms with E-state index in [2.05, 4.69) is 20.1 Å². The van der Waals surface area contributed by atoms with Crippen molar-refractivity contribution in [3.63, 3.8) is 0 Å². The highest BCUT2D eigenvalue weighted by molar-refractivity contribution is 6.14. The molecule has 2 aromatic heterocycles. The van der Waals surface area contributed by atoms with Gasteiger partial charge in [-0.05, 0) is 57.4 Å². The fourth-order valence-electron chi connectivity index (χ4n) is 4.34. The van der Waals surface area contributed by atoms with Crippen LogP contribution in [-0.2, 0) is 0 Å². The molecule has 0 bridgehead atoms. The lowest BCUT2D eigenvalue weighted by Crippen LogP contribution is -2.19. The molecule has 1 aromatic carbocycles. The Bertz CT molecular complexity index is 1140. The predicted octanol–water partition coefficient (Wildman–Crippen LogP) is 4.24. The zero-order chi connectivity index (χ0) is 23.5. The molecule has 8 heteroatoms. The second kappa shape index (κ2) is 9.44. The van der Waals surface area contributed by atoms with E-state index in [1.54, 1.807) is 31.6 Å². The van der Waals surface area contributed by atoms with Crippen LogP contribution in [0, 0.1) is 19.3 Å². The minimum absolute atomic E-state index is 0.283. The van der Waals surface area contributed by atoms with E-state index in [0.29, 0.717) is 28.3 Å². The van der Waals surface area contributed by atoms with Crippen LogP contribution in [0.3, 0.4) is 0 Å². The molecule has 0 spiro atoms. The minimum atomic E-state index is -0.290. The standard InChI is InChI=1S/C25H30N6O2/c1-15-13-29-30-16(2)24(15)17(3)33-22-11-19(20(26)12-21(22)32-4)25(27)18-7-8-23(28-14-18)31-9-5-6-10-31/h7-8,11-14,17,27H,5-6,9-10,26H2,1-4H3/t17-/m1/s1. The summed E-state index contributed by atoms with van der Waals surface area (Å²) in [4.78, 5) is 6.84. The van der Waals surface area contributed by atoms with E-state index in [4.69, 9.17) is 20.6 Å². The highest BCUT2D eigenvalue weighted by Crippen LogP contribution is 2.37. The number of nitrogens with one attached hydrogen (secondary N) is 1. The van der Waals surface area contributed by atoms with Gasteiger partial charge in [-0.2, -0.15) is 10.2 Å². The second-order valence-electron chi connectivity index (χ2n) is 8.35. The largest absolute Gasteiger partial charge is 0.493 e. The molecular weight excluding hydrogens is 416 g/mol. The summed E-state index contributed by atoms with van der Waals surface area (Å²) in [6, 6.07) is 7.35. The van der Waals surface area contributed by atoms with Gasteiger partial charge < -0.3 is 20.1 Å². The predicted molar refractivity (Wildman–Crippen MR) is 130 cm³/mol. The molecule has 0 saturated carbocycles. The van der Waals surface area contributed by atoms with E-state index in [9.17, 15) is 0 Å². The summed E-state index contributed by atoms with van der Waals surface area (Å²) in [6.07, 6.45) is 5.55. The number of aryl methyl sites for hydroxylation is 2. The van der Waals surface area contributed by atoms with E-state index in [-0.39, 0.29) is 11.8 Å². The number of aromatic nitrogens is 3. The van der Waals surface area contributed by atoms with Crippen LogP contribution in [0.1, 0.15) is 53.8 Å². The van der Waals surface area contributed by atoms with Crippen LogP contribution in [0.15, 0.2) is 36.7 Å². The van der Waals surface area contributed by atoms with Crippen LogP contribution in [0.2, 0.25) is 0 Å². The summed E-state index contributed by atoms with van der Waals surface area (Å²) in [5.41, 5.74) is 11.1. The van der Waals surface area contributed by atoms with Gasteiger partial charge in [-0.3, -0.25) is 5.41 Å². The number of rotatable bonds is 7. The molecule has 33 heavy (non-hydrogen) atoms. The topological polar surface area (TPSA) is 110 Å². The third-order valence-electron chi connectivity index (χ3n) is 6.06. The molecule has 1 aliphatic heterocycles. The summed E-state index contributed by atoms with van der Waals surface area (Å²) in [5, 5.41) is 16.9. The van der Waals surface area contributed by atoms with Crippen molar-refractivity contribution in [3.05, 3.63) is 64.6 Å². The Morgan fingerprint density at radius 2 is 1.88 bits per heavy atom. The number of nitrogens with two attached hydrogens (primary N) is 1. The van der Waals surface area contributed by atoms with Crippen molar-refractivity contribution in [2.45, 2.75) is 39.7 Å². The van der Waals surface area contributed by atoms with Crippen molar-refractivity contribution in [2.24, 2.45) is 0 Å². The summed E-state index contributed by atoms with van der Waals surface area (Å²) in [7, 11) is 1.57. The number of hydrogen-bond donors (Lipinski definition) is 2. The number of methoxy groups -OCH3 is 1. The van der Waals surface area contributed by atoms with E-state index >= 15 is 0 Å². The molecule has 8 nitrogen and oxygen atoms in total. The van der Waals surface area contributed by atoms with Gasteiger partial charge in [-0.1, -0.05) is 0 Å². The molecule has 1 fully saturated rings. The van der Waals surface area contributed by atoms with Gasteiger partial charge in [0.05, 0.1) is 24.7 Å². The van der Waals surface area contributed by atoms with Crippen molar-refractivity contribution in [3.8, 4) is 11.5 Å². The highest BCUT2D eigenvalue weighted by Gasteiger charge is 2.20. The number of nitrogens with zero attached hydrogens (tertiary/aromatic N) is 4. The monoisotopic (exact) mass is 446 g/mol. The smallest absolute Gasteiger partial charge is 0.162 e. The zero-order valence-corrected chi connectivity index (χ0v) is 19.6. The first-order chi connectivity index (χ1) is 15.9. The van der Waals surface area contributed by atoms with Gasteiger partial charge in [-0.15, -0.1) is 0 Å². The van der Waals surface area contributed by atoms with Gasteiger partial charge in [-0.25, -0.2) is 4.98 Å². The SMILES string of the molecule is COc1cc(N)c(C(=N)c2ccc(N3CCCC3)nc2)cc1O[C@H](C)c1c(C)cnnc1C. The zero-order valence-electron chi connectivity index (χ0n) is 19.6. The normalized spacial score (nSPS) is 14.2. The van der Waals surface area contributed by atoms with Gasteiger partial charge in [0.15, 0.2) is 11.5 Å². The Labute approximate surface area is 194 Å². The Morgan fingerprint density at radius 1 is 1.12 bits per heavy atom. The molecule has 3 N–H and O–H groups in total. The van der Waals surface area contributed by atoms with E-state index in [0.717, 1.165) is 35.7 Å². The molecule has 0 radical (unpaired) electrons. The average molecular weight is 447 g/mol. The molecule has 3 aromatic rings. The molecule has 1 aliphatic rings. The number of nitrogen functional groups attached to an aromatic ring is 1. The molecule has 0 amide bonds. The molecule has 3 heterocycles. The lowest BCUT2D eigenvalue weighted by Gasteiger charge is -2.21. The van der Waals surface area contributed by atoms with Crippen molar-refractivity contribution >= 4 is 17.2 Å². The third kappa shape index (κ3) is 4.60. The second-order valence-corrected chi connectivity index (χ2v) is 8.35. The van der Waals surface area contributed by atoms with Crippen molar-refractivity contribution in [1.82, 2.24) is 15.2 Å². The lowest BCUT2D eigenvalue weighted by atomic mass is 10.0. The van der Waals surface area contributed by atoms with E-state index in [1.807, 2.05) is 32.9 Å². The summed E-state index contributed by atoms with van der Waals surface area (Å²) < 4.78 is 11.8. The quantitative estimate of drug-likeness (QED) is 0.413. The minimum Gasteiger partial charge on any atom is -0.493 e. The van der Waals surface area contributed by atoms with Crippen LogP contribution in [0.25, 0.3) is 0 Å². The average Bonchev–Trinajstić information content (AvgIpc) is 3.34. The first kappa shape index (κ1) is 22.5. The lowest BCUT2D eigenvalue weighted by molar-refractivity contribution is 0.214. The number of ether oxygens (including phenoxy) is 2. The Hall–Kier alpha value is -3.68. The van der Waals surface area contributed by atoms with Crippen LogP contribution in [-0.4, -0.2) is 41.1 Å². The molecule has 4 rings (SSSR count). The van der Waals surface area contributed by atoms with Gasteiger partial charge >= 0.3 is 0 Å².